The summed E-state index contributed by atoms with van der Waals surface area (Å²) in [6.07, 6.45) is 0.547. The van der Waals surface area contributed by atoms with Crippen LogP contribution >= 0.6 is 11.8 Å². The van der Waals surface area contributed by atoms with Gasteiger partial charge in [0.05, 0.1) is 0 Å². The summed E-state index contributed by atoms with van der Waals surface area (Å²) in [4.78, 5) is 20.9. The zero-order chi connectivity index (χ0) is 14.3. The lowest BCUT2D eigenvalue weighted by Crippen LogP contribution is -2.36. The molecule has 19 heavy (non-hydrogen) atoms. The molecule has 0 aliphatic heterocycles. The van der Waals surface area contributed by atoms with E-state index in [1.54, 1.807) is 0 Å². The Morgan fingerprint density at radius 2 is 2.21 bits per heavy atom. The minimum atomic E-state index is -1.12. The number of carboxylic acid groups (broad SMARTS) is 1. The summed E-state index contributed by atoms with van der Waals surface area (Å²) >= 11 is 1.27. The molecule has 0 heterocycles. The van der Waals surface area contributed by atoms with Gasteiger partial charge in [-0.2, -0.15) is 11.8 Å². The number of carbonyl (C=O) groups excluding carboxylic acids is 1. The van der Waals surface area contributed by atoms with Crippen molar-refractivity contribution < 1.29 is 23.5 Å². The van der Waals surface area contributed by atoms with Crippen LogP contribution in [0.1, 0.15) is 12.0 Å². The number of carbonyl (C=O) groups is 2. The van der Waals surface area contributed by atoms with Crippen LogP contribution in [0.15, 0.2) is 18.2 Å². The fourth-order valence-corrected chi connectivity index (χ4v) is 2.39. The molecule has 0 bridgehead atoms. The molecule has 0 saturated carbocycles. The van der Waals surface area contributed by atoms with E-state index in [1.165, 1.54) is 11.8 Å². The highest BCUT2D eigenvalue weighted by atomic mass is 32.2. The topological polar surface area (TPSA) is 66.4 Å². The fraction of sp³-hybridized carbons (Fsp3) is 0.333. The predicted molar refractivity (Wildman–Crippen MR) is 67.8 cm³/mol. The van der Waals surface area contributed by atoms with E-state index < -0.39 is 23.6 Å². The molecule has 0 aliphatic rings. The summed E-state index contributed by atoms with van der Waals surface area (Å²) in [5.74, 6) is -1.47. The van der Waals surface area contributed by atoms with Gasteiger partial charge in [0.2, 0.25) is 6.41 Å². The zero-order valence-electron chi connectivity index (χ0n) is 9.94. The Morgan fingerprint density at radius 1 is 1.47 bits per heavy atom. The number of amides is 1. The van der Waals surface area contributed by atoms with Gasteiger partial charge in [0.15, 0.2) is 0 Å². The molecule has 0 fully saturated rings. The fourth-order valence-electron chi connectivity index (χ4n) is 1.40. The Hall–Kier alpha value is -1.63. The van der Waals surface area contributed by atoms with Gasteiger partial charge in [-0.15, -0.1) is 0 Å². The highest BCUT2D eigenvalue weighted by Gasteiger charge is 2.15. The zero-order valence-corrected chi connectivity index (χ0v) is 10.8. The predicted octanol–water partition coefficient (Wildman–Crippen LogP) is 1.79. The molecule has 2 N–H and O–H groups in total. The molecule has 1 amide bonds. The van der Waals surface area contributed by atoms with Crippen LogP contribution in [0, 0.1) is 11.6 Å². The van der Waals surface area contributed by atoms with Crippen LogP contribution in [0.3, 0.4) is 0 Å². The standard InChI is InChI=1S/C12H13F2NO3S/c13-9-1-2-10(14)8(5-9)6-19-4-3-11(12(17)18)15-7-16/h1-2,5,7,11H,3-4,6H2,(H,15,16)(H,17,18). The maximum atomic E-state index is 13.3. The lowest BCUT2D eigenvalue weighted by atomic mass is 10.2. The molecule has 1 aromatic rings. The van der Waals surface area contributed by atoms with Gasteiger partial charge < -0.3 is 10.4 Å². The second-order valence-corrected chi connectivity index (χ2v) is 4.86. The van der Waals surface area contributed by atoms with Gasteiger partial charge >= 0.3 is 5.97 Å². The number of carboxylic acids is 1. The van der Waals surface area contributed by atoms with Crippen LogP contribution in [-0.4, -0.2) is 29.3 Å². The SMILES string of the molecule is O=CNC(CCSCc1cc(F)ccc1F)C(=O)O. The number of thioether (sulfide) groups is 1. The van der Waals surface area contributed by atoms with E-state index in [9.17, 15) is 18.4 Å². The molecule has 7 heteroatoms. The molecule has 1 unspecified atom stereocenters. The highest BCUT2D eigenvalue weighted by molar-refractivity contribution is 7.98. The van der Waals surface area contributed by atoms with Crippen molar-refractivity contribution in [2.24, 2.45) is 0 Å². The van der Waals surface area contributed by atoms with Crippen LogP contribution in [0.4, 0.5) is 8.78 Å². The third kappa shape index (κ3) is 5.25. The van der Waals surface area contributed by atoms with Gasteiger partial charge in [0, 0.05) is 11.3 Å². The average molecular weight is 289 g/mol. The van der Waals surface area contributed by atoms with Crippen LogP contribution < -0.4 is 5.32 Å². The second-order valence-electron chi connectivity index (χ2n) is 3.75. The minimum Gasteiger partial charge on any atom is -0.480 e. The number of benzene rings is 1. The smallest absolute Gasteiger partial charge is 0.326 e. The molecule has 0 saturated heterocycles. The highest BCUT2D eigenvalue weighted by Crippen LogP contribution is 2.18. The number of halogens is 2. The number of hydrogen-bond donors (Lipinski definition) is 2. The van der Waals surface area contributed by atoms with E-state index in [2.05, 4.69) is 5.32 Å². The van der Waals surface area contributed by atoms with Gasteiger partial charge in [0.25, 0.3) is 0 Å². The monoisotopic (exact) mass is 289 g/mol. The van der Waals surface area contributed by atoms with E-state index in [1.807, 2.05) is 0 Å². The van der Waals surface area contributed by atoms with Gasteiger partial charge in [-0.05, 0) is 30.4 Å². The first-order valence-corrected chi connectivity index (χ1v) is 6.64. The molecule has 4 nitrogen and oxygen atoms in total. The lowest BCUT2D eigenvalue weighted by Gasteiger charge is -2.10. The van der Waals surface area contributed by atoms with Gasteiger partial charge in [-0.3, -0.25) is 4.79 Å². The van der Waals surface area contributed by atoms with E-state index in [4.69, 9.17) is 5.11 Å². The second kappa shape index (κ2) is 7.73. The van der Waals surface area contributed by atoms with Crippen LogP contribution in [0.25, 0.3) is 0 Å². The van der Waals surface area contributed by atoms with Crippen LogP contribution in [0.2, 0.25) is 0 Å². The Morgan fingerprint density at radius 3 is 2.84 bits per heavy atom. The largest absolute Gasteiger partial charge is 0.480 e. The lowest BCUT2D eigenvalue weighted by molar-refractivity contribution is -0.140. The molecular weight excluding hydrogens is 276 g/mol. The van der Waals surface area contributed by atoms with Crippen LogP contribution in [0.5, 0.6) is 0 Å². The van der Waals surface area contributed by atoms with Crippen molar-refractivity contribution in [1.82, 2.24) is 5.32 Å². The van der Waals surface area contributed by atoms with Gasteiger partial charge in [-0.1, -0.05) is 0 Å². The third-order valence-electron chi connectivity index (χ3n) is 2.38. The molecule has 104 valence electrons. The Bertz CT molecular complexity index is 457. The minimum absolute atomic E-state index is 0.218. The van der Waals surface area contributed by atoms with Crippen molar-refractivity contribution in [3.63, 3.8) is 0 Å². The Kier molecular flexibility index (Phi) is 6.27. The van der Waals surface area contributed by atoms with E-state index >= 15 is 0 Å². The van der Waals surface area contributed by atoms with Crippen molar-refractivity contribution in [1.29, 1.82) is 0 Å². The summed E-state index contributed by atoms with van der Waals surface area (Å²) in [7, 11) is 0. The third-order valence-corrected chi connectivity index (χ3v) is 3.42. The summed E-state index contributed by atoms with van der Waals surface area (Å²) in [6.45, 7) is 0. The molecule has 0 aromatic heterocycles. The molecule has 1 rings (SSSR count). The molecule has 0 aliphatic carbocycles. The normalized spacial score (nSPS) is 11.9. The molecule has 0 radical (unpaired) electrons. The van der Waals surface area contributed by atoms with Crippen molar-refractivity contribution in [2.75, 3.05) is 5.75 Å². The Balaban J connectivity index is 2.39. The summed E-state index contributed by atoms with van der Waals surface area (Å²) in [5, 5.41) is 10.9. The first-order chi connectivity index (χ1) is 9.04. The molecular formula is C12H13F2NO3S. The quantitative estimate of drug-likeness (QED) is 0.565. The van der Waals surface area contributed by atoms with Gasteiger partial charge in [-0.25, -0.2) is 13.6 Å². The van der Waals surface area contributed by atoms with Crippen molar-refractivity contribution >= 4 is 24.1 Å². The van der Waals surface area contributed by atoms with Crippen molar-refractivity contribution in [3.8, 4) is 0 Å². The summed E-state index contributed by atoms with van der Waals surface area (Å²) < 4.78 is 26.2. The van der Waals surface area contributed by atoms with E-state index in [0.29, 0.717) is 12.2 Å². The number of hydrogen-bond acceptors (Lipinski definition) is 3. The van der Waals surface area contributed by atoms with Crippen molar-refractivity contribution in [2.45, 2.75) is 18.2 Å². The van der Waals surface area contributed by atoms with Gasteiger partial charge in [0.1, 0.15) is 17.7 Å². The number of rotatable bonds is 8. The first-order valence-electron chi connectivity index (χ1n) is 5.48. The average Bonchev–Trinajstić information content (AvgIpc) is 2.36. The summed E-state index contributed by atoms with van der Waals surface area (Å²) in [5.41, 5.74) is 0.236. The Labute approximate surface area is 113 Å². The maximum absolute atomic E-state index is 13.3. The number of nitrogens with one attached hydrogen (secondary N) is 1. The molecule has 0 spiro atoms. The van der Waals surface area contributed by atoms with E-state index in [-0.39, 0.29) is 17.7 Å². The summed E-state index contributed by atoms with van der Waals surface area (Å²) in [6, 6.07) is 2.25. The van der Waals surface area contributed by atoms with E-state index in [0.717, 1.165) is 18.2 Å². The molecule has 1 atom stereocenters. The van der Waals surface area contributed by atoms with Crippen molar-refractivity contribution in [3.05, 3.63) is 35.4 Å². The molecule has 1 aromatic carbocycles. The number of aliphatic carboxylic acids is 1. The van der Waals surface area contributed by atoms with Crippen LogP contribution in [-0.2, 0) is 15.3 Å². The first kappa shape index (κ1) is 15.4. The maximum Gasteiger partial charge on any atom is 0.326 e.